The Labute approximate surface area is 288 Å². The molecule has 15 heteroatoms. The van der Waals surface area contributed by atoms with Crippen LogP contribution in [0, 0.1) is 5.92 Å². The molecule has 2 atom stereocenters. The van der Waals surface area contributed by atoms with Gasteiger partial charge in [0.1, 0.15) is 0 Å². The Morgan fingerprint density at radius 2 is 1.85 bits per heavy atom. The number of nitrogens with one attached hydrogen (secondary N) is 2. The molecule has 12 nitrogen and oxygen atoms in total. The van der Waals surface area contributed by atoms with Crippen LogP contribution in [0.4, 0.5) is 16.2 Å². The van der Waals surface area contributed by atoms with Crippen molar-refractivity contribution in [2.24, 2.45) is 5.92 Å². The number of thiophene rings is 1. The number of anilines is 2. The Balaban J connectivity index is 1.46. The Kier molecular flexibility index (Phi) is 9.45. The normalized spacial score (nSPS) is 16.2. The number of ether oxygens (including phenoxy) is 1. The van der Waals surface area contributed by atoms with Crippen LogP contribution in [-0.2, 0) is 9.53 Å². The van der Waals surface area contributed by atoms with E-state index in [1.165, 1.54) is 48.6 Å². The van der Waals surface area contributed by atoms with Crippen LogP contribution < -0.4 is 16.2 Å². The molecule has 1 aliphatic rings. The predicted molar refractivity (Wildman–Crippen MR) is 184 cm³/mol. The molecular weight excluding hydrogens is 677 g/mol. The molecule has 48 heavy (non-hydrogen) atoms. The molecule has 1 aliphatic heterocycles. The number of amides is 2. The highest BCUT2D eigenvalue weighted by molar-refractivity contribution is 7.14. The molecule has 0 fully saturated rings. The molecule has 3 aromatic heterocycles. The van der Waals surface area contributed by atoms with Crippen molar-refractivity contribution >= 4 is 63.7 Å². The molecule has 5 aromatic rings. The second-order valence-corrected chi connectivity index (χ2v) is 13.2. The average Bonchev–Trinajstić information content (AvgIpc) is 3.70. The number of halogens is 2. The van der Waals surface area contributed by atoms with Crippen molar-refractivity contribution in [1.82, 2.24) is 24.5 Å². The quantitative estimate of drug-likeness (QED) is 0.182. The molecule has 0 spiro atoms. The number of carbonyl (C=O) groups is 3. The van der Waals surface area contributed by atoms with Gasteiger partial charge >= 0.3 is 6.09 Å². The first kappa shape index (κ1) is 33.1. The molecule has 246 valence electrons. The van der Waals surface area contributed by atoms with Gasteiger partial charge < -0.3 is 10.1 Å². The van der Waals surface area contributed by atoms with E-state index in [1.54, 1.807) is 41.0 Å². The number of fused-ring (bicyclic) bond motifs is 4. The average molecular weight is 707 g/mol. The topological polar surface area (TPSA) is 150 Å². The van der Waals surface area contributed by atoms with Gasteiger partial charge in [0.15, 0.2) is 10.9 Å². The van der Waals surface area contributed by atoms with Crippen LogP contribution in [0.3, 0.4) is 0 Å². The highest BCUT2D eigenvalue weighted by atomic mass is 35.5. The van der Waals surface area contributed by atoms with E-state index in [9.17, 15) is 19.2 Å². The molecule has 0 radical (unpaired) electrons. The lowest BCUT2D eigenvalue weighted by molar-refractivity contribution is -0.119. The van der Waals surface area contributed by atoms with E-state index in [0.29, 0.717) is 68.6 Å². The van der Waals surface area contributed by atoms with Crippen molar-refractivity contribution in [3.05, 3.63) is 91.3 Å². The summed E-state index contributed by atoms with van der Waals surface area (Å²) in [5, 5.41) is 14.1. The first-order valence-electron chi connectivity index (χ1n) is 14.9. The summed E-state index contributed by atoms with van der Waals surface area (Å²) in [6.45, 7) is 3.32. The highest BCUT2D eigenvalue weighted by Crippen LogP contribution is 2.42. The van der Waals surface area contributed by atoms with E-state index in [-0.39, 0.29) is 28.3 Å². The maximum atomic E-state index is 13.9. The minimum atomic E-state index is -0.660. The summed E-state index contributed by atoms with van der Waals surface area (Å²) in [4.78, 5) is 58.0. The van der Waals surface area contributed by atoms with Crippen molar-refractivity contribution in [2.45, 2.75) is 39.2 Å². The first-order chi connectivity index (χ1) is 23.0. The molecule has 2 aromatic carbocycles. The summed E-state index contributed by atoms with van der Waals surface area (Å²) >= 11 is 13.7. The van der Waals surface area contributed by atoms with Gasteiger partial charge in [0.05, 0.1) is 47.6 Å². The van der Waals surface area contributed by atoms with Crippen molar-refractivity contribution in [3.8, 4) is 28.1 Å². The summed E-state index contributed by atoms with van der Waals surface area (Å²) in [6.07, 6.45) is 4.05. The number of Topliss-reactive ketones (excluding diaryl/α,β-unsaturated/α-hetero) is 1. The van der Waals surface area contributed by atoms with Crippen molar-refractivity contribution in [2.75, 3.05) is 17.7 Å². The zero-order chi connectivity index (χ0) is 34.1. The van der Waals surface area contributed by atoms with Crippen molar-refractivity contribution < 1.29 is 19.1 Å². The van der Waals surface area contributed by atoms with Crippen LogP contribution in [0.2, 0.25) is 10.2 Å². The Bertz CT molecular complexity index is 2130. The van der Waals surface area contributed by atoms with Crippen LogP contribution in [0.1, 0.15) is 53.7 Å². The lowest BCUT2D eigenvalue weighted by Gasteiger charge is -2.21. The minimum Gasteiger partial charge on any atom is -0.453 e. The Morgan fingerprint density at radius 1 is 1.04 bits per heavy atom. The third-order valence-electron chi connectivity index (χ3n) is 8.08. The number of aromatic nitrogens is 5. The SMILES string of the molecule is COC(=O)Nc1ccc2c(c1)NC(=O)[C@H](C)CCC[C@H](n1cnc(-c3cc(Cl)ccc3-n3cc(Cl)nn3)cc1=O)c1cc-2c(C(C)=O)s1. The molecule has 6 rings (SSSR count). The van der Waals surface area contributed by atoms with Gasteiger partial charge in [0, 0.05) is 44.3 Å². The van der Waals surface area contributed by atoms with Gasteiger partial charge in [-0.05, 0) is 56.2 Å². The van der Waals surface area contributed by atoms with Crippen molar-refractivity contribution in [1.29, 1.82) is 0 Å². The summed E-state index contributed by atoms with van der Waals surface area (Å²) in [6, 6.07) is 13.0. The molecule has 2 bridgehead atoms. The van der Waals surface area contributed by atoms with E-state index in [4.69, 9.17) is 27.9 Å². The molecule has 2 amide bonds. The van der Waals surface area contributed by atoms with Gasteiger partial charge in [-0.1, -0.05) is 47.8 Å². The lowest BCUT2D eigenvalue weighted by atomic mass is 9.96. The van der Waals surface area contributed by atoms with Gasteiger partial charge in [-0.15, -0.1) is 16.4 Å². The largest absolute Gasteiger partial charge is 0.453 e. The number of hydrogen-bond acceptors (Lipinski definition) is 9. The molecule has 0 aliphatic carbocycles. The number of carbonyl (C=O) groups excluding carboxylic acids is 3. The van der Waals surface area contributed by atoms with E-state index in [1.807, 2.05) is 13.0 Å². The van der Waals surface area contributed by atoms with E-state index in [2.05, 4.69) is 25.9 Å². The third kappa shape index (κ3) is 6.75. The smallest absolute Gasteiger partial charge is 0.411 e. The molecular formula is C33H29Cl2N7O5S. The molecule has 0 unspecified atom stereocenters. The number of methoxy groups -OCH3 is 1. The number of hydrogen-bond donors (Lipinski definition) is 2. The Hall–Kier alpha value is -4.85. The van der Waals surface area contributed by atoms with E-state index < -0.39 is 12.1 Å². The molecule has 0 saturated carbocycles. The van der Waals surface area contributed by atoms with Gasteiger partial charge in [-0.2, -0.15) is 0 Å². The van der Waals surface area contributed by atoms with Crippen LogP contribution in [-0.4, -0.2) is 49.4 Å². The van der Waals surface area contributed by atoms with Crippen LogP contribution in [0.15, 0.2) is 65.8 Å². The summed E-state index contributed by atoms with van der Waals surface area (Å²) in [5.74, 6) is -0.739. The minimum absolute atomic E-state index is 0.167. The molecule has 2 N–H and O–H groups in total. The van der Waals surface area contributed by atoms with Crippen LogP contribution in [0.25, 0.3) is 28.1 Å². The van der Waals surface area contributed by atoms with Gasteiger partial charge in [0.2, 0.25) is 5.91 Å². The maximum Gasteiger partial charge on any atom is 0.411 e. The predicted octanol–water partition coefficient (Wildman–Crippen LogP) is 7.26. The number of ketones is 1. The molecule has 0 saturated heterocycles. The zero-order valence-electron chi connectivity index (χ0n) is 26.0. The van der Waals surface area contributed by atoms with Gasteiger partial charge in [0.25, 0.3) is 5.56 Å². The first-order valence-corrected chi connectivity index (χ1v) is 16.5. The second kappa shape index (κ2) is 13.7. The standard InChI is InChI=1S/C33H29Cl2N7O5S/c1-17-5-4-6-27(41-16-36-24(14-30(41)44)23-11-19(34)7-10-26(23)42-15-29(35)39-40-42)28-13-22(31(48-28)18(2)43)21-9-8-20(37-33(46)47-3)12-25(21)38-32(17)45/h7-17,27H,4-6H2,1-3H3,(H,37,46)(H,38,45)/t17-,27+/m1/s1. The monoisotopic (exact) mass is 705 g/mol. The maximum absolute atomic E-state index is 13.9. The summed E-state index contributed by atoms with van der Waals surface area (Å²) in [7, 11) is 1.26. The fourth-order valence-corrected chi connectivity index (χ4v) is 7.15. The number of benzene rings is 2. The van der Waals surface area contributed by atoms with Crippen molar-refractivity contribution in [3.63, 3.8) is 0 Å². The van der Waals surface area contributed by atoms with Gasteiger partial charge in [-0.3, -0.25) is 24.3 Å². The van der Waals surface area contributed by atoms with E-state index in [0.717, 1.165) is 4.88 Å². The fourth-order valence-electron chi connectivity index (χ4n) is 5.65. The fraction of sp³-hybridized carbons (Fsp3) is 0.242. The third-order valence-corrected chi connectivity index (χ3v) is 9.82. The number of rotatable bonds is 5. The lowest BCUT2D eigenvalue weighted by Crippen LogP contribution is -2.26. The Morgan fingerprint density at radius 3 is 2.56 bits per heavy atom. The number of nitrogens with zero attached hydrogens (tertiary/aromatic N) is 5. The summed E-state index contributed by atoms with van der Waals surface area (Å²) in [5.41, 5.74) is 3.24. The second-order valence-electron chi connectivity index (χ2n) is 11.3. The van der Waals surface area contributed by atoms with Gasteiger partial charge in [-0.25, -0.2) is 14.5 Å². The van der Waals surface area contributed by atoms with E-state index >= 15 is 0 Å². The zero-order valence-corrected chi connectivity index (χ0v) is 28.3. The molecule has 4 heterocycles. The highest BCUT2D eigenvalue weighted by Gasteiger charge is 2.27. The summed E-state index contributed by atoms with van der Waals surface area (Å²) < 4.78 is 7.76. The van der Waals surface area contributed by atoms with Crippen LogP contribution >= 0.6 is 34.5 Å². The van der Waals surface area contributed by atoms with Crippen LogP contribution in [0.5, 0.6) is 0 Å².